The Balaban J connectivity index is 1.34. The van der Waals surface area contributed by atoms with E-state index in [1.165, 1.54) is 0 Å². The third-order valence-corrected chi connectivity index (χ3v) is 6.83. The van der Waals surface area contributed by atoms with Gasteiger partial charge in [-0.05, 0) is 42.0 Å². The minimum absolute atomic E-state index is 0.0188. The Bertz CT molecular complexity index is 2020. The highest BCUT2D eigenvalue weighted by molar-refractivity contribution is 5.96. The second kappa shape index (κ2) is 11.8. The molecule has 1 amide bonds. The molecule has 0 fully saturated rings. The van der Waals surface area contributed by atoms with Crippen molar-refractivity contribution in [1.29, 1.82) is 5.26 Å². The van der Waals surface area contributed by atoms with E-state index in [2.05, 4.69) is 11.4 Å². The summed E-state index contributed by atoms with van der Waals surface area (Å²) in [6.07, 6.45) is 0. The van der Waals surface area contributed by atoms with Crippen LogP contribution in [0.3, 0.4) is 0 Å². The molecule has 0 aliphatic carbocycles. The number of anilines is 1. The number of nitrogens with one attached hydrogen (secondary N) is 1. The van der Waals surface area contributed by atoms with Crippen LogP contribution in [0.4, 0.5) is 5.88 Å². The van der Waals surface area contributed by atoms with Crippen LogP contribution >= 0.6 is 0 Å². The number of nitrogens with zero attached hydrogens (tertiary/aromatic N) is 1. The maximum atomic E-state index is 13.5. The van der Waals surface area contributed by atoms with E-state index in [0.717, 1.165) is 11.1 Å². The van der Waals surface area contributed by atoms with Crippen molar-refractivity contribution in [3.63, 3.8) is 0 Å². The van der Waals surface area contributed by atoms with Crippen molar-refractivity contribution in [1.82, 2.24) is 0 Å². The van der Waals surface area contributed by atoms with Gasteiger partial charge in [0.05, 0.1) is 12.5 Å². The largest absolute Gasteiger partial charge is 0.497 e. The van der Waals surface area contributed by atoms with Gasteiger partial charge in [0.15, 0.2) is 12.4 Å². The standard InChI is InChI=1S/C35H24N2O6/c1-40-25-18-16-24(17-19-25)33-34(31(39)26-14-8-9-15-28(26)42-33)41-21-29(38)37-35-27(20-36)30(22-10-4-2-5-11-22)32(43-35)23-12-6-3-7-13-23/h2-19H,21H2,1H3,(H,37,38). The van der Waals surface area contributed by atoms with E-state index < -0.39 is 17.9 Å². The van der Waals surface area contributed by atoms with E-state index in [1.54, 1.807) is 55.6 Å². The molecule has 0 atom stereocenters. The van der Waals surface area contributed by atoms with E-state index in [4.69, 9.17) is 18.3 Å². The van der Waals surface area contributed by atoms with Crippen LogP contribution in [-0.4, -0.2) is 19.6 Å². The molecule has 0 spiro atoms. The van der Waals surface area contributed by atoms with Gasteiger partial charge in [-0.25, -0.2) is 0 Å². The number of benzene rings is 4. The van der Waals surface area contributed by atoms with E-state index >= 15 is 0 Å². The fraction of sp³-hybridized carbons (Fsp3) is 0.0571. The van der Waals surface area contributed by atoms with Crippen molar-refractivity contribution >= 4 is 22.8 Å². The molecular formula is C35H24N2O6. The van der Waals surface area contributed by atoms with Crippen LogP contribution in [0.2, 0.25) is 0 Å². The Hall–Kier alpha value is -6.07. The number of para-hydroxylation sites is 1. The first-order valence-corrected chi connectivity index (χ1v) is 13.4. The molecule has 2 aromatic heterocycles. The summed E-state index contributed by atoms with van der Waals surface area (Å²) in [7, 11) is 1.56. The molecule has 8 nitrogen and oxygen atoms in total. The second-order valence-corrected chi connectivity index (χ2v) is 9.51. The number of amides is 1. The average molecular weight is 569 g/mol. The summed E-state index contributed by atoms with van der Waals surface area (Å²) < 4.78 is 23.2. The number of methoxy groups -OCH3 is 1. The zero-order valence-corrected chi connectivity index (χ0v) is 23.0. The summed E-state index contributed by atoms with van der Waals surface area (Å²) in [5, 5.41) is 13.1. The third kappa shape index (κ3) is 5.35. The third-order valence-electron chi connectivity index (χ3n) is 6.83. The summed E-state index contributed by atoms with van der Waals surface area (Å²) in [5.74, 6) is 0.482. The zero-order valence-electron chi connectivity index (χ0n) is 23.0. The quantitative estimate of drug-likeness (QED) is 0.205. The van der Waals surface area contributed by atoms with E-state index in [9.17, 15) is 14.9 Å². The van der Waals surface area contributed by atoms with Crippen LogP contribution in [0.25, 0.3) is 44.7 Å². The van der Waals surface area contributed by atoms with Crippen LogP contribution in [0.5, 0.6) is 11.5 Å². The number of hydrogen-bond acceptors (Lipinski definition) is 7. The minimum atomic E-state index is -0.627. The zero-order chi connectivity index (χ0) is 29.8. The van der Waals surface area contributed by atoms with Crippen molar-refractivity contribution in [2.45, 2.75) is 0 Å². The number of ether oxygens (including phenoxy) is 2. The van der Waals surface area contributed by atoms with Gasteiger partial charge in [0, 0.05) is 16.7 Å². The van der Waals surface area contributed by atoms with Crippen LogP contribution in [-0.2, 0) is 4.79 Å². The predicted octanol–water partition coefficient (Wildman–Crippen LogP) is 7.28. The molecule has 0 aliphatic heterocycles. The lowest BCUT2D eigenvalue weighted by Gasteiger charge is -2.12. The van der Waals surface area contributed by atoms with Crippen LogP contribution in [0, 0.1) is 11.3 Å². The Labute approximate surface area is 246 Å². The van der Waals surface area contributed by atoms with Gasteiger partial charge in [0.2, 0.25) is 17.1 Å². The van der Waals surface area contributed by atoms with Crippen molar-refractivity contribution in [3.8, 4) is 51.3 Å². The normalized spacial score (nSPS) is 10.7. The Morgan fingerprint density at radius 3 is 2.09 bits per heavy atom. The first kappa shape index (κ1) is 27.1. The van der Waals surface area contributed by atoms with Gasteiger partial charge in [-0.15, -0.1) is 0 Å². The number of nitriles is 1. The van der Waals surface area contributed by atoms with Gasteiger partial charge >= 0.3 is 0 Å². The predicted molar refractivity (Wildman–Crippen MR) is 163 cm³/mol. The van der Waals surface area contributed by atoms with E-state index in [1.807, 2.05) is 60.7 Å². The number of carbonyl (C=O) groups excluding carboxylic acids is 1. The molecule has 43 heavy (non-hydrogen) atoms. The molecule has 1 N–H and O–H groups in total. The summed E-state index contributed by atoms with van der Waals surface area (Å²) >= 11 is 0. The summed E-state index contributed by atoms with van der Waals surface area (Å²) in [5.41, 5.74) is 2.76. The Morgan fingerprint density at radius 2 is 1.42 bits per heavy atom. The van der Waals surface area contributed by atoms with E-state index in [0.29, 0.717) is 33.6 Å². The number of hydrogen-bond donors (Lipinski definition) is 1. The van der Waals surface area contributed by atoms with Gasteiger partial charge < -0.3 is 18.3 Å². The lowest BCUT2D eigenvalue weighted by atomic mass is 9.98. The first-order chi connectivity index (χ1) is 21.1. The van der Waals surface area contributed by atoms with Crippen molar-refractivity contribution in [2.75, 3.05) is 19.0 Å². The maximum absolute atomic E-state index is 13.5. The molecule has 6 rings (SSSR count). The Morgan fingerprint density at radius 1 is 0.791 bits per heavy atom. The number of furan rings is 1. The molecule has 0 saturated carbocycles. The van der Waals surface area contributed by atoms with Crippen molar-refractivity contribution in [3.05, 3.63) is 125 Å². The molecule has 0 saturated heterocycles. The summed E-state index contributed by atoms with van der Waals surface area (Å²) in [4.78, 5) is 26.7. The lowest BCUT2D eigenvalue weighted by molar-refractivity contribution is -0.118. The topological polar surface area (TPSA) is 115 Å². The lowest BCUT2D eigenvalue weighted by Crippen LogP contribution is -2.22. The molecule has 0 unspecified atom stereocenters. The van der Waals surface area contributed by atoms with Gasteiger partial charge in [0.25, 0.3) is 5.91 Å². The second-order valence-electron chi connectivity index (χ2n) is 9.51. The molecule has 210 valence electrons. The van der Waals surface area contributed by atoms with Crippen molar-refractivity contribution in [2.24, 2.45) is 0 Å². The molecule has 2 heterocycles. The fourth-order valence-electron chi connectivity index (χ4n) is 4.79. The smallest absolute Gasteiger partial charge is 0.264 e. The highest BCUT2D eigenvalue weighted by atomic mass is 16.5. The van der Waals surface area contributed by atoms with Crippen LogP contribution < -0.4 is 20.2 Å². The SMILES string of the molecule is COc1ccc(-c2oc3ccccc3c(=O)c2OCC(=O)Nc2oc(-c3ccccc3)c(-c3ccccc3)c2C#N)cc1. The molecule has 6 aromatic rings. The molecular weight excluding hydrogens is 544 g/mol. The van der Waals surface area contributed by atoms with E-state index in [-0.39, 0.29) is 23.0 Å². The Kier molecular flexibility index (Phi) is 7.45. The average Bonchev–Trinajstić information content (AvgIpc) is 3.43. The van der Waals surface area contributed by atoms with Crippen molar-refractivity contribution < 1.29 is 23.1 Å². The molecule has 0 bridgehead atoms. The number of carbonyl (C=O) groups is 1. The minimum Gasteiger partial charge on any atom is -0.497 e. The summed E-state index contributed by atoms with van der Waals surface area (Å²) in [6.45, 7) is -0.542. The number of rotatable bonds is 8. The highest BCUT2D eigenvalue weighted by Crippen LogP contribution is 2.41. The molecule has 4 aromatic carbocycles. The highest BCUT2D eigenvalue weighted by Gasteiger charge is 2.25. The molecule has 0 radical (unpaired) electrons. The van der Waals surface area contributed by atoms with Gasteiger partial charge in [-0.2, -0.15) is 5.26 Å². The summed E-state index contributed by atoms with van der Waals surface area (Å²) in [6, 6.07) is 34.6. The van der Waals surface area contributed by atoms with Crippen LogP contribution in [0.1, 0.15) is 5.56 Å². The number of fused-ring (bicyclic) bond motifs is 1. The van der Waals surface area contributed by atoms with Gasteiger partial charge in [-0.3, -0.25) is 14.9 Å². The van der Waals surface area contributed by atoms with Gasteiger partial charge in [-0.1, -0.05) is 72.8 Å². The van der Waals surface area contributed by atoms with Gasteiger partial charge in [0.1, 0.15) is 28.7 Å². The molecule has 8 heteroatoms. The molecule has 0 aliphatic rings. The van der Waals surface area contributed by atoms with Crippen LogP contribution in [0.15, 0.2) is 123 Å². The first-order valence-electron chi connectivity index (χ1n) is 13.4. The monoisotopic (exact) mass is 568 g/mol. The fourth-order valence-corrected chi connectivity index (χ4v) is 4.79. The maximum Gasteiger partial charge on any atom is 0.264 e.